The lowest BCUT2D eigenvalue weighted by Crippen LogP contribution is -2.44. The second-order valence-corrected chi connectivity index (χ2v) is 6.08. The summed E-state index contributed by atoms with van der Waals surface area (Å²) in [5, 5.41) is 9.77. The van der Waals surface area contributed by atoms with Crippen LogP contribution in [0.15, 0.2) is 41.6 Å². The van der Waals surface area contributed by atoms with E-state index in [0.29, 0.717) is 13.1 Å². The molecule has 1 fully saturated rings. The van der Waals surface area contributed by atoms with E-state index in [2.05, 4.69) is 21.8 Å². The molecule has 1 N–H and O–H groups in total. The lowest BCUT2D eigenvalue weighted by molar-refractivity contribution is 0.145. The summed E-state index contributed by atoms with van der Waals surface area (Å²) in [7, 11) is 2.12. The minimum atomic E-state index is -0.323. The fourth-order valence-corrected chi connectivity index (χ4v) is 2.81. The van der Waals surface area contributed by atoms with E-state index in [0.717, 1.165) is 37.4 Å². The summed E-state index contributed by atoms with van der Waals surface area (Å²) in [5.74, 6) is -0.212. The van der Waals surface area contributed by atoms with Gasteiger partial charge in [-0.1, -0.05) is 6.07 Å². The molecule has 1 aliphatic heterocycles. The van der Waals surface area contributed by atoms with Crippen LogP contribution in [0.2, 0.25) is 0 Å². The third-order valence-electron chi connectivity index (χ3n) is 4.25. The van der Waals surface area contributed by atoms with Gasteiger partial charge in [0.2, 0.25) is 5.43 Å². The van der Waals surface area contributed by atoms with Crippen molar-refractivity contribution in [1.82, 2.24) is 19.4 Å². The Bertz CT molecular complexity index is 706. The zero-order valence-electron chi connectivity index (χ0n) is 13.4. The summed E-state index contributed by atoms with van der Waals surface area (Å²) in [6.45, 7) is 5.33. The third-order valence-corrected chi connectivity index (χ3v) is 4.25. The fourth-order valence-electron chi connectivity index (χ4n) is 2.81. The highest BCUT2D eigenvalue weighted by Gasteiger charge is 2.16. The summed E-state index contributed by atoms with van der Waals surface area (Å²) in [5.41, 5.74) is 1.63. The lowest BCUT2D eigenvalue weighted by atomic mass is 10.2. The van der Waals surface area contributed by atoms with E-state index in [4.69, 9.17) is 0 Å². The number of aromatic hydroxyl groups is 1. The molecule has 3 rings (SSSR count). The normalized spacial score (nSPS) is 16.6. The van der Waals surface area contributed by atoms with E-state index in [-0.39, 0.29) is 11.2 Å². The highest BCUT2D eigenvalue weighted by molar-refractivity contribution is 5.22. The van der Waals surface area contributed by atoms with Crippen molar-refractivity contribution in [1.29, 1.82) is 0 Å². The van der Waals surface area contributed by atoms with Crippen LogP contribution in [0.1, 0.15) is 11.3 Å². The number of likely N-dealkylation sites (N-methyl/N-ethyl adjacent to an activating group) is 1. The molecule has 23 heavy (non-hydrogen) atoms. The van der Waals surface area contributed by atoms with E-state index in [9.17, 15) is 9.90 Å². The first-order valence-corrected chi connectivity index (χ1v) is 7.84. The third kappa shape index (κ3) is 3.97. The molecule has 2 aromatic heterocycles. The van der Waals surface area contributed by atoms with Gasteiger partial charge < -0.3 is 14.6 Å². The Kier molecular flexibility index (Phi) is 4.73. The molecule has 2 aromatic rings. The summed E-state index contributed by atoms with van der Waals surface area (Å²) in [6, 6.07) is 5.42. The molecule has 0 unspecified atom stereocenters. The zero-order valence-corrected chi connectivity index (χ0v) is 13.4. The number of hydrogen-bond acceptors (Lipinski definition) is 5. The van der Waals surface area contributed by atoms with Crippen LogP contribution in [-0.4, -0.2) is 57.7 Å². The Hall–Kier alpha value is -2.18. The molecule has 6 nitrogen and oxygen atoms in total. The van der Waals surface area contributed by atoms with Gasteiger partial charge in [0.25, 0.3) is 0 Å². The largest absolute Gasteiger partial charge is 0.503 e. The molecule has 0 bridgehead atoms. The summed E-state index contributed by atoms with van der Waals surface area (Å²) in [6.07, 6.45) is 5.06. The van der Waals surface area contributed by atoms with Crippen LogP contribution in [0, 0.1) is 0 Å². The molecular formula is C17H22N4O2. The summed E-state index contributed by atoms with van der Waals surface area (Å²) in [4.78, 5) is 20.6. The van der Waals surface area contributed by atoms with Crippen molar-refractivity contribution in [2.45, 2.75) is 13.1 Å². The van der Waals surface area contributed by atoms with Crippen LogP contribution in [0.3, 0.4) is 0 Å². The number of hydrogen-bond donors (Lipinski definition) is 1. The van der Waals surface area contributed by atoms with Gasteiger partial charge in [-0.05, 0) is 18.7 Å². The molecule has 1 aliphatic rings. The van der Waals surface area contributed by atoms with Crippen molar-refractivity contribution >= 4 is 0 Å². The van der Waals surface area contributed by atoms with Crippen LogP contribution < -0.4 is 5.43 Å². The maximum absolute atomic E-state index is 11.8. The van der Waals surface area contributed by atoms with Crippen molar-refractivity contribution in [3.05, 3.63) is 58.3 Å². The number of nitrogens with zero attached hydrogens (tertiary/aromatic N) is 4. The van der Waals surface area contributed by atoms with Gasteiger partial charge in [-0.25, -0.2) is 0 Å². The fraction of sp³-hybridized carbons (Fsp3) is 0.412. The topological polar surface area (TPSA) is 61.6 Å². The number of rotatable bonds is 4. The number of pyridine rings is 2. The molecule has 122 valence electrons. The van der Waals surface area contributed by atoms with E-state index >= 15 is 0 Å². The highest BCUT2D eigenvalue weighted by atomic mass is 16.3. The highest BCUT2D eigenvalue weighted by Crippen LogP contribution is 2.12. The van der Waals surface area contributed by atoms with Gasteiger partial charge in [0.15, 0.2) is 5.75 Å². The van der Waals surface area contributed by atoms with E-state index in [1.54, 1.807) is 18.5 Å². The maximum atomic E-state index is 11.8. The lowest BCUT2D eigenvalue weighted by Gasteiger charge is -2.32. The van der Waals surface area contributed by atoms with Gasteiger partial charge >= 0.3 is 0 Å². The monoisotopic (exact) mass is 314 g/mol. The standard InChI is InChI=1S/C17H22N4O2/c1-19-5-7-20(8-6-19)12-15-9-16(22)17(23)13-21(15)11-14-3-2-4-18-10-14/h2-4,9-10,13,23H,5-8,11-12H2,1H3. The first-order chi connectivity index (χ1) is 11.1. The van der Waals surface area contributed by atoms with Gasteiger partial charge in [0.05, 0.1) is 6.20 Å². The van der Waals surface area contributed by atoms with Crippen molar-refractivity contribution in [2.24, 2.45) is 0 Å². The molecule has 0 amide bonds. The Balaban J connectivity index is 1.83. The average Bonchev–Trinajstić information content (AvgIpc) is 2.55. The average molecular weight is 314 g/mol. The van der Waals surface area contributed by atoms with Gasteiger partial charge in [-0.2, -0.15) is 0 Å². The Morgan fingerprint density at radius 3 is 2.70 bits per heavy atom. The van der Waals surface area contributed by atoms with Crippen LogP contribution in [0.4, 0.5) is 0 Å². The molecule has 1 saturated heterocycles. The maximum Gasteiger partial charge on any atom is 0.223 e. The van der Waals surface area contributed by atoms with E-state index in [1.807, 2.05) is 16.7 Å². The Morgan fingerprint density at radius 2 is 2.00 bits per heavy atom. The Labute approximate surface area is 135 Å². The van der Waals surface area contributed by atoms with Crippen LogP contribution in [0.5, 0.6) is 5.75 Å². The predicted molar refractivity (Wildman–Crippen MR) is 88.5 cm³/mol. The Morgan fingerprint density at radius 1 is 1.22 bits per heavy atom. The van der Waals surface area contributed by atoms with Crippen LogP contribution >= 0.6 is 0 Å². The van der Waals surface area contributed by atoms with Crippen molar-refractivity contribution in [3.63, 3.8) is 0 Å². The van der Waals surface area contributed by atoms with Gasteiger partial charge in [-0.15, -0.1) is 0 Å². The summed E-state index contributed by atoms with van der Waals surface area (Å²) >= 11 is 0. The van der Waals surface area contributed by atoms with Crippen molar-refractivity contribution < 1.29 is 5.11 Å². The second kappa shape index (κ2) is 6.93. The number of aromatic nitrogens is 2. The molecule has 0 atom stereocenters. The first-order valence-electron chi connectivity index (χ1n) is 7.84. The second-order valence-electron chi connectivity index (χ2n) is 6.08. The molecule has 0 spiro atoms. The molecule has 6 heteroatoms. The molecule has 0 saturated carbocycles. The van der Waals surface area contributed by atoms with Gasteiger partial charge in [0, 0.05) is 63.4 Å². The molecule has 0 aliphatic carbocycles. The smallest absolute Gasteiger partial charge is 0.223 e. The van der Waals surface area contributed by atoms with Crippen molar-refractivity contribution in [2.75, 3.05) is 33.2 Å². The SMILES string of the molecule is CN1CCN(Cc2cc(=O)c(O)cn2Cc2cccnc2)CC1. The first kappa shape index (κ1) is 15.7. The van der Waals surface area contributed by atoms with Gasteiger partial charge in [0.1, 0.15) is 0 Å². The number of piperazine rings is 1. The molecule has 0 aromatic carbocycles. The minimum absolute atomic E-state index is 0.212. The minimum Gasteiger partial charge on any atom is -0.503 e. The molecule has 0 radical (unpaired) electrons. The van der Waals surface area contributed by atoms with Gasteiger partial charge in [-0.3, -0.25) is 14.7 Å². The van der Waals surface area contributed by atoms with Crippen LogP contribution in [0.25, 0.3) is 0 Å². The van der Waals surface area contributed by atoms with E-state index in [1.165, 1.54) is 6.20 Å². The van der Waals surface area contributed by atoms with E-state index < -0.39 is 0 Å². The molecular weight excluding hydrogens is 292 g/mol. The van der Waals surface area contributed by atoms with Crippen LogP contribution in [-0.2, 0) is 13.1 Å². The van der Waals surface area contributed by atoms with Crippen molar-refractivity contribution in [3.8, 4) is 5.75 Å². The summed E-state index contributed by atoms with van der Waals surface area (Å²) < 4.78 is 1.94. The predicted octanol–water partition coefficient (Wildman–Crippen LogP) is 0.745. The molecule has 3 heterocycles. The zero-order chi connectivity index (χ0) is 16.2. The quantitative estimate of drug-likeness (QED) is 0.902.